The van der Waals surface area contributed by atoms with Gasteiger partial charge in [-0.15, -0.1) is 0 Å². The molecule has 2 heterocycles. The summed E-state index contributed by atoms with van der Waals surface area (Å²) < 4.78 is 1.98. The first-order valence-corrected chi connectivity index (χ1v) is 7.83. The summed E-state index contributed by atoms with van der Waals surface area (Å²) in [6.45, 7) is 2.05. The third-order valence-corrected chi connectivity index (χ3v) is 4.51. The maximum absolute atomic E-state index is 12.4. The van der Waals surface area contributed by atoms with Crippen LogP contribution >= 0.6 is 0 Å². The lowest BCUT2D eigenvalue weighted by Crippen LogP contribution is -2.39. The van der Waals surface area contributed by atoms with Crippen LogP contribution in [-0.4, -0.2) is 33.3 Å². The minimum atomic E-state index is 0.182. The summed E-state index contributed by atoms with van der Waals surface area (Å²) in [7, 11) is 1.94. The van der Waals surface area contributed by atoms with Crippen molar-refractivity contribution in [1.82, 2.24) is 14.3 Å². The Morgan fingerprint density at radius 1 is 1.38 bits per heavy atom. The lowest BCUT2D eigenvalue weighted by Gasteiger charge is -2.31. The molecule has 0 unspecified atom stereocenters. The number of aromatic nitrogens is 2. The summed E-state index contributed by atoms with van der Waals surface area (Å²) in [5, 5.41) is 0. The van der Waals surface area contributed by atoms with Crippen molar-refractivity contribution in [3.05, 3.63) is 35.8 Å². The number of aryl methyl sites for hydroxylation is 1. The van der Waals surface area contributed by atoms with E-state index in [4.69, 9.17) is 0 Å². The van der Waals surface area contributed by atoms with Crippen LogP contribution in [0.25, 0.3) is 5.65 Å². The zero-order valence-corrected chi connectivity index (χ0v) is 12.9. The van der Waals surface area contributed by atoms with Crippen LogP contribution in [0.5, 0.6) is 0 Å². The van der Waals surface area contributed by atoms with Gasteiger partial charge in [0.1, 0.15) is 5.65 Å². The lowest BCUT2D eigenvalue weighted by atomic mass is 9.94. The molecular formula is C17H23N3O. The lowest BCUT2D eigenvalue weighted by molar-refractivity contribution is -0.131. The molecule has 3 rings (SSSR count). The molecule has 0 aromatic carbocycles. The maximum Gasteiger partial charge on any atom is 0.228 e. The van der Waals surface area contributed by atoms with Crippen molar-refractivity contribution in [3.63, 3.8) is 0 Å². The molecule has 1 amide bonds. The molecule has 0 saturated heterocycles. The predicted octanol–water partition coefficient (Wildman–Crippen LogP) is 2.98. The number of carbonyl (C=O) groups excluding carboxylic acids is 1. The smallest absolute Gasteiger partial charge is 0.228 e. The molecule has 0 bridgehead atoms. The third kappa shape index (κ3) is 3.09. The Labute approximate surface area is 125 Å². The highest BCUT2D eigenvalue weighted by Gasteiger charge is 2.22. The van der Waals surface area contributed by atoms with Gasteiger partial charge in [-0.2, -0.15) is 0 Å². The Morgan fingerprint density at radius 3 is 2.90 bits per heavy atom. The molecular weight excluding hydrogens is 262 g/mol. The standard InChI is InChI=1S/C17H23N3O/c1-13-8-9-20-12-14(18-16(20)10-13)11-17(21)19(2)15-6-4-3-5-7-15/h8-10,12,15H,3-7,11H2,1-2H3. The van der Waals surface area contributed by atoms with Crippen LogP contribution in [-0.2, 0) is 11.2 Å². The van der Waals surface area contributed by atoms with E-state index >= 15 is 0 Å². The molecule has 1 aliphatic rings. The van der Waals surface area contributed by atoms with Crippen molar-refractivity contribution in [2.75, 3.05) is 7.05 Å². The second-order valence-corrected chi connectivity index (χ2v) is 6.18. The van der Waals surface area contributed by atoms with Crippen molar-refractivity contribution >= 4 is 11.6 Å². The van der Waals surface area contributed by atoms with Gasteiger partial charge in [-0.25, -0.2) is 4.98 Å². The second-order valence-electron chi connectivity index (χ2n) is 6.18. The molecule has 0 aliphatic heterocycles. The quantitative estimate of drug-likeness (QED) is 0.869. The highest BCUT2D eigenvalue weighted by Crippen LogP contribution is 2.22. The number of carbonyl (C=O) groups is 1. The fourth-order valence-corrected chi connectivity index (χ4v) is 3.17. The molecule has 2 aromatic heterocycles. The van der Waals surface area contributed by atoms with E-state index in [1.165, 1.54) is 24.8 Å². The van der Waals surface area contributed by atoms with E-state index in [0.717, 1.165) is 24.2 Å². The van der Waals surface area contributed by atoms with Crippen LogP contribution in [0.3, 0.4) is 0 Å². The monoisotopic (exact) mass is 285 g/mol. The van der Waals surface area contributed by atoms with Crippen molar-refractivity contribution < 1.29 is 4.79 Å². The first-order valence-electron chi connectivity index (χ1n) is 7.83. The summed E-state index contributed by atoms with van der Waals surface area (Å²) in [4.78, 5) is 18.9. The molecule has 4 heteroatoms. The maximum atomic E-state index is 12.4. The molecule has 112 valence electrons. The molecule has 0 N–H and O–H groups in total. The van der Waals surface area contributed by atoms with Crippen LogP contribution in [0.2, 0.25) is 0 Å². The molecule has 4 nitrogen and oxygen atoms in total. The van der Waals surface area contributed by atoms with E-state index in [0.29, 0.717) is 12.5 Å². The van der Waals surface area contributed by atoms with Crippen LogP contribution in [0.1, 0.15) is 43.4 Å². The number of amides is 1. The van der Waals surface area contributed by atoms with Gasteiger partial charge in [-0.1, -0.05) is 19.3 Å². The first-order chi connectivity index (χ1) is 10.1. The second kappa shape index (κ2) is 5.88. The van der Waals surface area contributed by atoms with Gasteiger partial charge in [0, 0.05) is 25.5 Å². The topological polar surface area (TPSA) is 37.6 Å². The average molecular weight is 285 g/mol. The Hall–Kier alpha value is -1.84. The van der Waals surface area contributed by atoms with Gasteiger partial charge in [0.25, 0.3) is 0 Å². The summed E-state index contributed by atoms with van der Waals surface area (Å²) in [5.74, 6) is 0.182. The van der Waals surface area contributed by atoms with Crippen molar-refractivity contribution in [2.45, 2.75) is 51.5 Å². The predicted molar refractivity (Wildman–Crippen MR) is 83.3 cm³/mol. The highest BCUT2D eigenvalue weighted by atomic mass is 16.2. The Kier molecular flexibility index (Phi) is 3.95. The molecule has 0 spiro atoms. The largest absolute Gasteiger partial charge is 0.342 e. The van der Waals surface area contributed by atoms with E-state index in [2.05, 4.69) is 18.0 Å². The highest BCUT2D eigenvalue weighted by molar-refractivity contribution is 5.78. The number of rotatable bonds is 3. The first kappa shape index (κ1) is 14.1. The fourth-order valence-electron chi connectivity index (χ4n) is 3.17. The van der Waals surface area contributed by atoms with Crippen LogP contribution in [0, 0.1) is 6.92 Å². The van der Waals surface area contributed by atoms with Gasteiger partial charge < -0.3 is 9.30 Å². The molecule has 0 atom stereocenters. The van der Waals surface area contributed by atoms with E-state index in [1.54, 1.807) is 0 Å². The average Bonchev–Trinajstić information content (AvgIpc) is 2.88. The number of fused-ring (bicyclic) bond motifs is 1. The van der Waals surface area contributed by atoms with Crippen LogP contribution in [0.15, 0.2) is 24.5 Å². The van der Waals surface area contributed by atoms with Gasteiger partial charge in [-0.05, 0) is 37.5 Å². The Bertz CT molecular complexity index is 641. The number of hydrogen-bond donors (Lipinski definition) is 0. The van der Waals surface area contributed by atoms with Gasteiger partial charge >= 0.3 is 0 Å². The van der Waals surface area contributed by atoms with Gasteiger partial charge in [0.05, 0.1) is 12.1 Å². The summed E-state index contributed by atoms with van der Waals surface area (Å²) in [5.41, 5.74) is 2.96. The van der Waals surface area contributed by atoms with E-state index in [-0.39, 0.29) is 5.91 Å². The zero-order valence-electron chi connectivity index (χ0n) is 12.9. The number of likely N-dealkylation sites (N-methyl/N-ethyl adjacent to an activating group) is 1. The molecule has 1 saturated carbocycles. The summed E-state index contributed by atoms with van der Waals surface area (Å²) in [6, 6.07) is 4.51. The SMILES string of the molecule is Cc1ccn2cc(CC(=O)N(C)C3CCCCC3)nc2c1. The van der Waals surface area contributed by atoms with Crippen molar-refractivity contribution in [1.29, 1.82) is 0 Å². The molecule has 2 aromatic rings. The van der Waals surface area contributed by atoms with E-state index < -0.39 is 0 Å². The Morgan fingerprint density at radius 2 is 2.14 bits per heavy atom. The number of imidazole rings is 1. The Balaban J connectivity index is 1.70. The number of hydrogen-bond acceptors (Lipinski definition) is 2. The molecule has 1 fully saturated rings. The van der Waals surface area contributed by atoms with E-state index in [1.807, 2.05) is 34.8 Å². The van der Waals surface area contributed by atoms with Crippen LogP contribution < -0.4 is 0 Å². The molecule has 0 radical (unpaired) electrons. The number of nitrogens with zero attached hydrogens (tertiary/aromatic N) is 3. The minimum Gasteiger partial charge on any atom is -0.342 e. The van der Waals surface area contributed by atoms with Gasteiger partial charge in [-0.3, -0.25) is 4.79 Å². The van der Waals surface area contributed by atoms with Gasteiger partial charge in [0.2, 0.25) is 5.91 Å². The normalized spacial score (nSPS) is 16.3. The zero-order chi connectivity index (χ0) is 14.8. The van der Waals surface area contributed by atoms with E-state index in [9.17, 15) is 4.79 Å². The van der Waals surface area contributed by atoms with Gasteiger partial charge in [0.15, 0.2) is 0 Å². The fraction of sp³-hybridized carbons (Fsp3) is 0.529. The summed E-state index contributed by atoms with van der Waals surface area (Å²) >= 11 is 0. The third-order valence-electron chi connectivity index (χ3n) is 4.51. The summed E-state index contributed by atoms with van der Waals surface area (Å²) in [6.07, 6.45) is 10.4. The molecule has 1 aliphatic carbocycles. The van der Waals surface area contributed by atoms with Crippen molar-refractivity contribution in [3.8, 4) is 0 Å². The number of pyridine rings is 1. The van der Waals surface area contributed by atoms with Crippen LogP contribution in [0.4, 0.5) is 0 Å². The van der Waals surface area contributed by atoms with Crippen molar-refractivity contribution in [2.24, 2.45) is 0 Å². The molecule has 21 heavy (non-hydrogen) atoms. The minimum absolute atomic E-state index is 0.182.